The number of aromatic nitrogens is 4. The third-order valence-electron chi connectivity index (χ3n) is 4.15. The molecule has 0 radical (unpaired) electrons. The number of nitrogens with one attached hydrogen (secondary N) is 2. The van der Waals surface area contributed by atoms with Gasteiger partial charge in [0.25, 0.3) is 5.91 Å². The van der Waals surface area contributed by atoms with Gasteiger partial charge in [-0.05, 0) is 38.1 Å². The Bertz CT molecular complexity index is 974. The minimum atomic E-state index is -0.800. The topological polar surface area (TPSA) is 137 Å². The van der Waals surface area contributed by atoms with Gasteiger partial charge in [-0.3, -0.25) is 4.79 Å². The summed E-state index contributed by atoms with van der Waals surface area (Å²) in [5.41, 5.74) is 12.4. The number of hydrogen-bond acceptors (Lipinski definition) is 7. The molecule has 0 saturated carbocycles. The maximum atomic E-state index is 14.4. The number of carbonyl (C=O) groups is 1. The third-order valence-corrected chi connectivity index (χ3v) is 4.15. The van der Waals surface area contributed by atoms with Gasteiger partial charge in [0, 0.05) is 17.8 Å². The van der Waals surface area contributed by atoms with E-state index in [9.17, 15) is 9.18 Å². The van der Waals surface area contributed by atoms with Gasteiger partial charge in [-0.1, -0.05) is 6.07 Å². The molecule has 0 spiro atoms. The predicted molar refractivity (Wildman–Crippen MR) is 104 cm³/mol. The summed E-state index contributed by atoms with van der Waals surface area (Å²) >= 11 is 0. The van der Waals surface area contributed by atoms with Gasteiger partial charge in [0.2, 0.25) is 0 Å². The molecule has 2 heterocycles. The number of primary amides is 1. The Hall–Kier alpha value is -3.53. The lowest BCUT2D eigenvalue weighted by molar-refractivity contribution is 0.100. The van der Waals surface area contributed by atoms with Crippen LogP contribution < -0.4 is 22.1 Å². The molecule has 146 valence electrons. The van der Waals surface area contributed by atoms with E-state index in [1.165, 1.54) is 4.80 Å². The van der Waals surface area contributed by atoms with Crippen molar-refractivity contribution in [2.45, 2.75) is 25.9 Å². The maximum Gasteiger partial charge on any atom is 0.252 e. The average Bonchev–Trinajstić information content (AvgIpc) is 3.19. The van der Waals surface area contributed by atoms with Gasteiger partial charge in [-0.25, -0.2) is 9.37 Å². The second-order valence-corrected chi connectivity index (χ2v) is 6.37. The van der Waals surface area contributed by atoms with Crippen LogP contribution in [-0.4, -0.2) is 38.0 Å². The maximum absolute atomic E-state index is 14.4. The number of halogens is 1. The van der Waals surface area contributed by atoms with Crippen LogP contribution in [0.5, 0.6) is 0 Å². The summed E-state index contributed by atoms with van der Waals surface area (Å²) < 4.78 is 14.4. The molecule has 0 bridgehead atoms. The van der Waals surface area contributed by atoms with Crippen LogP contribution in [0.1, 0.15) is 24.2 Å². The van der Waals surface area contributed by atoms with Gasteiger partial charge < -0.3 is 22.1 Å². The van der Waals surface area contributed by atoms with Crippen LogP contribution in [0, 0.1) is 5.82 Å². The number of nitrogens with zero attached hydrogens (tertiary/aromatic N) is 4. The van der Waals surface area contributed by atoms with Crippen LogP contribution in [0.25, 0.3) is 5.69 Å². The molecule has 10 heteroatoms. The highest BCUT2D eigenvalue weighted by Gasteiger charge is 2.18. The van der Waals surface area contributed by atoms with Gasteiger partial charge in [0.15, 0.2) is 11.6 Å². The number of rotatable bonds is 7. The van der Waals surface area contributed by atoms with E-state index in [1.807, 2.05) is 6.07 Å². The number of nitrogens with two attached hydrogens (primary N) is 2. The van der Waals surface area contributed by atoms with E-state index in [2.05, 4.69) is 25.8 Å². The van der Waals surface area contributed by atoms with Crippen molar-refractivity contribution in [1.29, 1.82) is 0 Å². The third kappa shape index (κ3) is 4.23. The van der Waals surface area contributed by atoms with Crippen molar-refractivity contribution in [2.24, 2.45) is 11.5 Å². The fourth-order valence-electron chi connectivity index (χ4n) is 2.41. The standard InChI is InChI=1S/C18H21FN8O/c1-10(20)11(2)24-18-15(19)9-14(16(21)28)17(26-18)25-12-4-3-5-13(8-12)27-22-6-7-23-27/h3-11H,20H2,1-2H3,(H2,21,28)(H2,24,25,26)/t10-,11+/m0/s1. The molecular weight excluding hydrogens is 363 g/mol. The molecule has 0 fully saturated rings. The molecule has 9 nitrogen and oxygen atoms in total. The Morgan fingerprint density at radius 3 is 2.54 bits per heavy atom. The highest BCUT2D eigenvalue weighted by molar-refractivity contribution is 5.98. The molecule has 2 atom stereocenters. The van der Waals surface area contributed by atoms with E-state index in [4.69, 9.17) is 11.5 Å². The highest BCUT2D eigenvalue weighted by atomic mass is 19.1. The van der Waals surface area contributed by atoms with Gasteiger partial charge in [0.05, 0.1) is 23.6 Å². The van der Waals surface area contributed by atoms with Crippen LogP contribution >= 0.6 is 0 Å². The SMILES string of the molecule is C[C@H](N)[C@@H](C)Nc1nc(Nc2cccc(-n3nccn3)c2)c(C(N)=O)cc1F. The summed E-state index contributed by atoms with van der Waals surface area (Å²) in [5, 5.41) is 14.1. The molecule has 2 aromatic heterocycles. The Balaban J connectivity index is 1.96. The average molecular weight is 384 g/mol. The van der Waals surface area contributed by atoms with Gasteiger partial charge >= 0.3 is 0 Å². The molecule has 0 aliphatic heterocycles. The highest BCUT2D eigenvalue weighted by Crippen LogP contribution is 2.25. The van der Waals surface area contributed by atoms with E-state index in [0.29, 0.717) is 11.4 Å². The zero-order chi connectivity index (χ0) is 20.3. The van der Waals surface area contributed by atoms with Gasteiger partial charge in [0.1, 0.15) is 5.82 Å². The van der Waals surface area contributed by atoms with E-state index in [0.717, 1.165) is 6.07 Å². The van der Waals surface area contributed by atoms with E-state index in [-0.39, 0.29) is 29.3 Å². The molecule has 1 aromatic carbocycles. The molecule has 0 unspecified atom stereocenters. The van der Waals surface area contributed by atoms with Crippen LogP contribution in [0.4, 0.5) is 21.7 Å². The summed E-state index contributed by atoms with van der Waals surface area (Å²) in [4.78, 5) is 17.4. The lowest BCUT2D eigenvalue weighted by Crippen LogP contribution is -2.35. The molecule has 3 rings (SSSR count). The summed E-state index contributed by atoms with van der Waals surface area (Å²) in [6.45, 7) is 3.60. The van der Waals surface area contributed by atoms with E-state index >= 15 is 0 Å². The van der Waals surface area contributed by atoms with Crippen molar-refractivity contribution < 1.29 is 9.18 Å². The number of amides is 1. The summed E-state index contributed by atoms with van der Waals surface area (Å²) in [6.07, 6.45) is 3.12. The van der Waals surface area contributed by atoms with Crippen molar-refractivity contribution in [3.05, 3.63) is 54.1 Å². The first-order valence-electron chi connectivity index (χ1n) is 8.61. The molecule has 1 amide bonds. The number of carbonyl (C=O) groups excluding carboxylic acids is 1. The number of anilines is 3. The fraction of sp³-hybridized carbons (Fsp3) is 0.222. The van der Waals surface area contributed by atoms with Crippen molar-refractivity contribution in [3.8, 4) is 5.69 Å². The zero-order valence-corrected chi connectivity index (χ0v) is 15.4. The van der Waals surface area contributed by atoms with Crippen LogP contribution in [0.3, 0.4) is 0 Å². The van der Waals surface area contributed by atoms with Crippen LogP contribution in [-0.2, 0) is 0 Å². The van der Waals surface area contributed by atoms with Gasteiger partial charge in [-0.15, -0.1) is 0 Å². The van der Waals surface area contributed by atoms with E-state index < -0.39 is 11.7 Å². The zero-order valence-electron chi connectivity index (χ0n) is 15.4. The fourth-order valence-corrected chi connectivity index (χ4v) is 2.41. The van der Waals surface area contributed by atoms with Crippen molar-refractivity contribution in [2.75, 3.05) is 10.6 Å². The molecule has 0 saturated heterocycles. The second-order valence-electron chi connectivity index (χ2n) is 6.37. The van der Waals surface area contributed by atoms with E-state index in [1.54, 1.807) is 44.4 Å². The molecular formula is C18H21FN8O. The normalized spacial score (nSPS) is 13.0. The monoisotopic (exact) mass is 384 g/mol. The Kier molecular flexibility index (Phi) is 5.50. The van der Waals surface area contributed by atoms with Crippen molar-refractivity contribution in [3.63, 3.8) is 0 Å². The Labute approximate surface area is 160 Å². The summed E-state index contributed by atoms with van der Waals surface area (Å²) in [7, 11) is 0. The second kappa shape index (κ2) is 8.01. The Morgan fingerprint density at radius 2 is 1.89 bits per heavy atom. The first-order valence-corrected chi connectivity index (χ1v) is 8.61. The summed E-state index contributed by atoms with van der Waals surface area (Å²) in [5.74, 6) is -1.40. The quantitative estimate of drug-likeness (QED) is 0.487. The molecule has 6 N–H and O–H groups in total. The minimum Gasteiger partial charge on any atom is -0.365 e. The van der Waals surface area contributed by atoms with Crippen molar-refractivity contribution >= 4 is 23.2 Å². The number of pyridine rings is 1. The van der Waals surface area contributed by atoms with Crippen LogP contribution in [0.15, 0.2) is 42.7 Å². The number of hydrogen-bond donors (Lipinski definition) is 4. The Morgan fingerprint density at radius 1 is 1.18 bits per heavy atom. The number of benzene rings is 1. The molecule has 28 heavy (non-hydrogen) atoms. The first-order chi connectivity index (χ1) is 13.3. The minimum absolute atomic E-state index is 0.0257. The summed E-state index contributed by atoms with van der Waals surface area (Å²) in [6, 6.07) is 7.71. The lowest BCUT2D eigenvalue weighted by Gasteiger charge is -2.20. The largest absolute Gasteiger partial charge is 0.365 e. The first kappa shape index (κ1) is 19.2. The van der Waals surface area contributed by atoms with Gasteiger partial charge in [-0.2, -0.15) is 15.0 Å². The lowest BCUT2D eigenvalue weighted by atomic mass is 10.1. The molecule has 0 aliphatic rings. The van der Waals surface area contributed by atoms with Crippen LogP contribution in [0.2, 0.25) is 0 Å². The smallest absolute Gasteiger partial charge is 0.252 e. The molecule has 0 aliphatic carbocycles. The molecule has 3 aromatic rings. The van der Waals surface area contributed by atoms with Crippen molar-refractivity contribution in [1.82, 2.24) is 20.0 Å². The predicted octanol–water partition coefficient (Wildman–Crippen LogP) is 1.79.